The van der Waals surface area contributed by atoms with Crippen molar-refractivity contribution in [2.75, 3.05) is 46.3 Å². The van der Waals surface area contributed by atoms with E-state index in [-0.39, 0.29) is 51.7 Å². The van der Waals surface area contributed by atoms with Gasteiger partial charge in [-0.3, -0.25) is 19.3 Å². The number of rotatable bonds is 9. The topological polar surface area (TPSA) is 143 Å². The number of benzene rings is 3. The van der Waals surface area contributed by atoms with E-state index in [1.807, 2.05) is 0 Å². The fraction of sp³-hybridized carbons (Fsp3) is 0.323. The van der Waals surface area contributed by atoms with Crippen LogP contribution in [0.3, 0.4) is 0 Å². The Morgan fingerprint density at radius 3 is 2.33 bits per heavy atom. The van der Waals surface area contributed by atoms with Crippen LogP contribution in [0.4, 0.5) is 10.1 Å². The smallest absolute Gasteiger partial charge is 0.274 e. The van der Waals surface area contributed by atoms with E-state index in [4.69, 9.17) is 14.2 Å². The number of ether oxygens (including phenoxy) is 3. The summed E-state index contributed by atoms with van der Waals surface area (Å²) >= 11 is 0. The van der Waals surface area contributed by atoms with Crippen LogP contribution in [-0.4, -0.2) is 95.5 Å². The molecule has 3 aromatic carbocycles. The highest BCUT2D eigenvalue weighted by Crippen LogP contribution is 2.55. The number of likely N-dealkylation sites (tertiary alicyclic amines) is 1. The fourth-order valence-corrected chi connectivity index (χ4v) is 7.76. The molecule has 0 saturated carbocycles. The lowest BCUT2D eigenvalue weighted by molar-refractivity contribution is -0.138. The van der Waals surface area contributed by atoms with E-state index in [0.29, 0.717) is 16.3 Å². The zero-order chi connectivity index (χ0) is 32.8. The molecule has 1 fully saturated rings. The number of carbonyl (C=O) groups is 3. The third-order valence-corrected chi connectivity index (χ3v) is 9.87. The van der Waals surface area contributed by atoms with Gasteiger partial charge in [0.25, 0.3) is 15.9 Å². The predicted octanol–water partition coefficient (Wildman–Crippen LogP) is 2.17. The van der Waals surface area contributed by atoms with Crippen LogP contribution in [0.2, 0.25) is 0 Å². The van der Waals surface area contributed by atoms with Crippen LogP contribution in [-0.2, 0) is 25.2 Å². The summed E-state index contributed by atoms with van der Waals surface area (Å²) in [5.74, 6) is -2.16. The Hall–Kier alpha value is -4.53. The van der Waals surface area contributed by atoms with Gasteiger partial charge in [0.1, 0.15) is 34.2 Å². The zero-order valence-electron chi connectivity index (χ0n) is 25.2. The van der Waals surface area contributed by atoms with Gasteiger partial charge >= 0.3 is 0 Å². The van der Waals surface area contributed by atoms with Gasteiger partial charge in [-0.1, -0.05) is 0 Å². The van der Waals surface area contributed by atoms with Gasteiger partial charge in [0, 0.05) is 43.4 Å². The Labute approximate surface area is 259 Å². The molecule has 1 unspecified atom stereocenters. The number of anilines is 1. The van der Waals surface area contributed by atoms with Crippen LogP contribution in [0, 0.1) is 5.82 Å². The normalized spacial score (nSPS) is 21.4. The monoisotopic (exact) mass is 641 g/mol. The quantitative estimate of drug-likeness (QED) is 0.346. The molecule has 3 atom stereocenters. The molecule has 3 aromatic rings. The van der Waals surface area contributed by atoms with Gasteiger partial charge in [-0.25, -0.2) is 17.1 Å². The van der Waals surface area contributed by atoms with Crippen molar-refractivity contribution < 1.29 is 46.5 Å². The van der Waals surface area contributed by atoms with Crippen LogP contribution >= 0.6 is 0 Å². The van der Waals surface area contributed by atoms with E-state index < -0.39 is 45.3 Å². The lowest BCUT2D eigenvalue weighted by Gasteiger charge is -2.42. The molecule has 14 heteroatoms. The number of sulfonamides is 1. The number of methoxy groups -OCH3 is 3. The summed E-state index contributed by atoms with van der Waals surface area (Å²) in [4.78, 5) is 43.0. The number of fused-ring (bicyclic) bond motifs is 1. The third-order valence-electron chi connectivity index (χ3n) is 8.14. The Morgan fingerprint density at radius 1 is 1.00 bits per heavy atom. The third kappa shape index (κ3) is 4.89. The SMILES string of the molecule is COc1ccc(S(=O)(=O)N2C(=O)C(c3cc(C=O)ccc3OC)(N3C[C@H](O)C[C@H]3C(=O)N(C)C)c3cc(F)ccc32)c(OC)c1. The van der Waals surface area contributed by atoms with Gasteiger partial charge < -0.3 is 24.2 Å². The molecule has 0 bridgehead atoms. The largest absolute Gasteiger partial charge is 0.497 e. The number of aliphatic hydroxyl groups excluding tert-OH is 1. The van der Waals surface area contributed by atoms with Crippen molar-refractivity contribution in [1.29, 1.82) is 0 Å². The predicted molar refractivity (Wildman–Crippen MR) is 160 cm³/mol. The highest BCUT2D eigenvalue weighted by molar-refractivity contribution is 7.93. The average molecular weight is 642 g/mol. The van der Waals surface area contributed by atoms with Crippen LogP contribution < -0.4 is 18.5 Å². The van der Waals surface area contributed by atoms with Crippen molar-refractivity contribution in [3.8, 4) is 17.2 Å². The molecule has 45 heavy (non-hydrogen) atoms. The molecule has 2 heterocycles. The van der Waals surface area contributed by atoms with Gasteiger partial charge in [0.05, 0.1) is 39.2 Å². The fourth-order valence-electron chi connectivity index (χ4n) is 6.16. The summed E-state index contributed by atoms with van der Waals surface area (Å²) in [6.45, 7) is -0.278. The Kier molecular flexibility index (Phi) is 8.33. The van der Waals surface area contributed by atoms with E-state index in [0.717, 1.165) is 18.2 Å². The van der Waals surface area contributed by atoms with Gasteiger partial charge in [0.15, 0.2) is 5.54 Å². The van der Waals surface area contributed by atoms with Crippen molar-refractivity contribution in [2.24, 2.45) is 0 Å². The molecule has 0 spiro atoms. The number of aldehydes is 1. The number of nitrogens with zero attached hydrogens (tertiary/aromatic N) is 3. The first-order valence-electron chi connectivity index (χ1n) is 13.8. The molecule has 2 aliphatic rings. The number of carbonyl (C=O) groups excluding carboxylic acids is 3. The molecule has 2 aliphatic heterocycles. The second-order valence-corrected chi connectivity index (χ2v) is 12.6. The van der Waals surface area contributed by atoms with Gasteiger partial charge in [-0.15, -0.1) is 0 Å². The number of hydrogen-bond donors (Lipinski definition) is 1. The maximum atomic E-state index is 15.2. The van der Waals surface area contributed by atoms with Crippen LogP contribution in [0.1, 0.15) is 27.9 Å². The van der Waals surface area contributed by atoms with Crippen molar-refractivity contribution in [1.82, 2.24) is 9.80 Å². The molecule has 5 rings (SSSR count). The van der Waals surface area contributed by atoms with E-state index in [9.17, 15) is 23.1 Å². The van der Waals surface area contributed by atoms with E-state index in [1.165, 1.54) is 81.6 Å². The van der Waals surface area contributed by atoms with E-state index in [1.54, 1.807) is 0 Å². The maximum absolute atomic E-state index is 15.2. The first-order valence-corrected chi connectivity index (χ1v) is 15.2. The number of likely N-dealkylation sites (N-methyl/N-ethyl adjacent to an activating group) is 1. The second kappa shape index (κ2) is 11.8. The molecule has 12 nitrogen and oxygen atoms in total. The second-order valence-electron chi connectivity index (χ2n) is 10.8. The molecule has 0 aromatic heterocycles. The molecule has 1 saturated heterocycles. The molecule has 0 aliphatic carbocycles. The molecule has 238 valence electrons. The lowest BCUT2D eigenvalue weighted by atomic mass is 9.80. The number of hydrogen-bond acceptors (Lipinski definition) is 10. The van der Waals surface area contributed by atoms with Crippen LogP contribution in [0.15, 0.2) is 59.5 Å². The molecule has 2 amide bonds. The summed E-state index contributed by atoms with van der Waals surface area (Å²) in [6.07, 6.45) is -0.695. The Morgan fingerprint density at radius 2 is 1.71 bits per heavy atom. The van der Waals surface area contributed by atoms with E-state index in [2.05, 4.69) is 0 Å². The Bertz CT molecular complexity index is 1800. The van der Waals surface area contributed by atoms with Gasteiger partial charge in [-0.2, -0.15) is 0 Å². The van der Waals surface area contributed by atoms with Crippen LogP contribution in [0.5, 0.6) is 17.2 Å². The number of halogens is 1. The zero-order valence-corrected chi connectivity index (χ0v) is 26.0. The van der Waals surface area contributed by atoms with Crippen molar-refractivity contribution in [3.63, 3.8) is 0 Å². The number of aliphatic hydroxyl groups is 1. The lowest BCUT2D eigenvalue weighted by Crippen LogP contribution is -2.59. The first-order chi connectivity index (χ1) is 21.4. The molecule has 0 radical (unpaired) electrons. The van der Waals surface area contributed by atoms with Gasteiger partial charge in [-0.05, 0) is 55.0 Å². The molecular weight excluding hydrogens is 609 g/mol. The highest BCUT2D eigenvalue weighted by Gasteiger charge is 2.64. The molecule has 1 N–H and O–H groups in total. The Balaban J connectivity index is 1.90. The van der Waals surface area contributed by atoms with Crippen LogP contribution in [0.25, 0.3) is 0 Å². The number of amides is 2. The minimum Gasteiger partial charge on any atom is -0.497 e. The summed E-state index contributed by atoms with van der Waals surface area (Å²) in [7, 11) is 2.16. The van der Waals surface area contributed by atoms with E-state index >= 15 is 9.18 Å². The summed E-state index contributed by atoms with van der Waals surface area (Å²) in [6, 6.07) is 10.2. The number of β-amino-alcohol motifs (C(OH)–C–C–N with tert-alkyl or cyclic N) is 1. The maximum Gasteiger partial charge on any atom is 0.274 e. The van der Waals surface area contributed by atoms with Crippen molar-refractivity contribution in [2.45, 2.75) is 29.0 Å². The van der Waals surface area contributed by atoms with Crippen molar-refractivity contribution >= 4 is 33.8 Å². The average Bonchev–Trinajstić information content (AvgIpc) is 3.54. The summed E-state index contributed by atoms with van der Waals surface area (Å²) < 4.78 is 61.0. The summed E-state index contributed by atoms with van der Waals surface area (Å²) in [5, 5.41) is 10.9. The minimum atomic E-state index is -4.81. The molecular formula is C31H32FN3O9S. The van der Waals surface area contributed by atoms with Crippen molar-refractivity contribution in [3.05, 3.63) is 77.1 Å². The standard InChI is InChI=1S/C31H32FN3O9S/c1-33(2)29(38)25-14-20(37)16-34(25)31(23-12-18(17-36)6-10-26(23)43-4)22-13-19(32)7-9-24(22)35(30(31)39)45(40,41)28-11-8-21(42-3)15-27(28)44-5/h6-13,15,17,20,25,37H,14,16H2,1-5H3/t20-,25+,31?/m1/s1. The first kappa shape index (κ1) is 31.9. The highest BCUT2D eigenvalue weighted by atomic mass is 32.2. The minimum absolute atomic E-state index is 0.0171. The summed E-state index contributed by atoms with van der Waals surface area (Å²) in [5.41, 5.74) is -2.51. The van der Waals surface area contributed by atoms with Gasteiger partial charge in [0.2, 0.25) is 5.91 Å².